The minimum Gasteiger partial charge on any atom is -0.377 e. The number of aromatic amines is 1. The lowest BCUT2D eigenvalue weighted by molar-refractivity contribution is -0.149. The molecule has 2 N–H and O–H groups in total. The van der Waals surface area contributed by atoms with Gasteiger partial charge in [-0.05, 0) is 6.92 Å². The first-order chi connectivity index (χ1) is 11.4. The zero-order chi connectivity index (χ0) is 17.3. The number of rotatable bonds is 2. The summed E-state index contributed by atoms with van der Waals surface area (Å²) in [5.74, 6) is 0.208. The standard InChI is InChI=1S/C15H21F3N4O2/c1-10-9-24-5-4-21(10)11-6-13(20-14(23)7-11)22-3-2-19-8-12(22)15(16,17)18/h6-7,10,12,19H,2-5,8-9H2,1H3,(H,20,23). The molecule has 24 heavy (non-hydrogen) atoms. The van der Waals surface area contributed by atoms with Gasteiger partial charge >= 0.3 is 6.18 Å². The van der Waals surface area contributed by atoms with Gasteiger partial charge in [0.25, 0.3) is 5.56 Å². The Morgan fingerprint density at radius 3 is 2.75 bits per heavy atom. The van der Waals surface area contributed by atoms with Crippen molar-refractivity contribution in [2.75, 3.05) is 49.2 Å². The van der Waals surface area contributed by atoms with E-state index in [1.807, 2.05) is 11.8 Å². The van der Waals surface area contributed by atoms with Gasteiger partial charge in [0.15, 0.2) is 0 Å². The van der Waals surface area contributed by atoms with E-state index in [2.05, 4.69) is 10.3 Å². The highest BCUT2D eigenvalue weighted by Gasteiger charge is 2.45. The van der Waals surface area contributed by atoms with Crippen LogP contribution in [0.4, 0.5) is 24.7 Å². The number of hydrogen-bond donors (Lipinski definition) is 2. The summed E-state index contributed by atoms with van der Waals surface area (Å²) in [7, 11) is 0. The van der Waals surface area contributed by atoms with Crippen molar-refractivity contribution in [2.45, 2.75) is 25.2 Å². The molecule has 2 unspecified atom stereocenters. The molecule has 0 aromatic carbocycles. The van der Waals surface area contributed by atoms with E-state index in [4.69, 9.17) is 4.74 Å². The number of hydrogen-bond acceptors (Lipinski definition) is 5. The van der Waals surface area contributed by atoms with Crippen LogP contribution in [0.3, 0.4) is 0 Å². The average molecular weight is 346 g/mol. The molecule has 1 aromatic heterocycles. The number of morpholine rings is 1. The Labute approximate surface area is 137 Å². The van der Waals surface area contributed by atoms with Gasteiger partial charge < -0.3 is 24.8 Å². The fourth-order valence-electron chi connectivity index (χ4n) is 3.23. The fraction of sp³-hybridized carbons (Fsp3) is 0.667. The summed E-state index contributed by atoms with van der Waals surface area (Å²) < 4.78 is 45.3. The quantitative estimate of drug-likeness (QED) is 0.835. The summed E-state index contributed by atoms with van der Waals surface area (Å²) in [4.78, 5) is 17.8. The maximum absolute atomic E-state index is 13.3. The van der Waals surface area contributed by atoms with Crippen molar-refractivity contribution >= 4 is 11.5 Å². The van der Waals surface area contributed by atoms with Crippen LogP contribution < -0.4 is 20.7 Å². The van der Waals surface area contributed by atoms with Crippen LogP contribution in [0.5, 0.6) is 0 Å². The van der Waals surface area contributed by atoms with Crippen molar-refractivity contribution in [3.63, 3.8) is 0 Å². The number of alkyl halides is 3. The lowest BCUT2D eigenvalue weighted by atomic mass is 10.1. The van der Waals surface area contributed by atoms with Gasteiger partial charge in [-0.1, -0.05) is 0 Å². The Kier molecular flexibility index (Phi) is 4.73. The first kappa shape index (κ1) is 17.1. The summed E-state index contributed by atoms with van der Waals surface area (Å²) in [6, 6.07) is 1.47. The molecule has 0 spiro atoms. The number of nitrogens with zero attached hydrogens (tertiary/aromatic N) is 2. The van der Waals surface area contributed by atoms with E-state index in [1.54, 1.807) is 6.07 Å². The van der Waals surface area contributed by atoms with Gasteiger partial charge in [-0.3, -0.25) is 4.79 Å². The van der Waals surface area contributed by atoms with Crippen LogP contribution in [0.15, 0.2) is 16.9 Å². The lowest BCUT2D eigenvalue weighted by Gasteiger charge is -2.39. The number of piperazine rings is 1. The Bertz CT molecular complexity index is 634. The van der Waals surface area contributed by atoms with Crippen LogP contribution in [-0.4, -0.2) is 62.6 Å². The minimum absolute atomic E-state index is 0.0647. The van der Waals surface area contributed by atoms with Crippen LogP contribution in [0.2, 0.25) is 0 Å². The van der Waals surface area contributed by atoms with Gasteiger partial charge in [-0.2, -0.15) is 13.2 Å². The average Bonchev–Trinajstić information content (AvgIpc) is 2.54. The second-order valence-corrected chi connectivity index (χ2v) is 6.16. The molecule has 3 rings (SSSR count). The highest BCUT2D eigenvalue weighted by Crippen LogP contribution is 2.30. The Balaban J connectivity index is 1.94. The maximum atomic E-state index is 13.3. The molecule has 1 aromatic rings. The second kappa shape index (κ2) is 6.64. The smallest absolute Gasteiger partial charge is 0.377 e. The monoisotopic (exact) mass is 346 g/mol. The fourth-order valence-corrected chi connectivity index (χ4v) is 3.23. The van der Waals surface area contributed by atoms with Gasteiger partial charge in [0.05, 0.1) is 13.2 Å². The summed E-state index contributed by atoms with van der Waals surface area (Å²) in [5, 5.41) is 2.76. The lowest BCUT2D eigenvalue weighted by Crippen LogP contribution is -2.58. The van der Waals surface area contributed by atoms with E-state index in [-0.39, 0.29) is 24.9 Å². The Hall–Kier alpha value is -1.74. The molecule has 0 aliphatic carbocycles. The third-order valence-corrected chi connectivity index (χ3v) is 4.44. The minimum atomic E-state index is -4.37. The zero-order valence-corrected chi connectivity index (χ0v) is 13.4. The number of nitrogens with one attached hydrogen (secondary N) is 2. The van der Waals surface area contributed by atoms with E-state index in [9.17, 15) is 18.0 Å². The molecule has 134 valence electrons. The van der Waals surface area contributed by atoms with Crippen LogP contribution in [0.25, 0.3) is 0 Å². The maximum Gasteiger partial charge on any atom is 0.410 e. The molecule has 0 saturated carbocycles. The van der Waals surface area contributed by atoms with E-state index in [0.29, 0.717) is 32.0 Å². The molecule has 9 heteroatoms. The first-order valence-electron chi connectivity index (χ1n) is 7.99. The largest absolute Gasteiger partial charge is 0.410 e. The number of aromatic nitrogens is 1. The van der Waals surface area contributed by atoms with Gasteiger partial charge in [-0.15, -0.1) is 0 Å². The van der Waals surface area contributed by atoms with Crippen molar-refractivity contribution in [1.82, 2.24) is 10.3 Å². The van der Waals surface area contributed by atoms with E-state index < -0.39 is 17.8 Å². The van der Waals surface area contributed by atoms with Crippen LogP contribution in [0, 0.1) is 0 Å². The normalized spacial score (nSPS) is 25.8. The molecular weight excluding hydrogens is 325 g/mol. The Morgan fingerprint density at radius 2 is 2.04 bits per heavy atom. The predicted octanol–water partition coefficient (Wildman–Crippen LogP) is 0.940. The van der Waals surface area contributed by atoms with Crippen LogP contribution in [0.1, 0.15) is 6.92 Å². The van der Waals surface area contributed by atoms with E-state index in [0.717, 1.165) is 0 Å². The predicted molar refractivity (Wildman–Crippen MR) is 84.7 cm³/mol. The molecule has 0 radical (unpaired) electrons. The summed E-state index contributed by atoms with van der Waals surface area (Å²) in [6.45, 7) is 4.06. The van der Waals surface area contributed by atoms with Crippen molar-refractivity contribution < 1.29 is 17.9 Å². The highest BCUT2D eigenvalue weighted by atomic mass is 19.4. The molecule has 0 amide bonds. The molecule has 3 heterocycles. The molecular formula is C15H21F3N4O2. The molecule has 0 bridgehead atoms. The molecule has 2 saturated heterocycles. The molecule has 2 fully saturated rings. The van der Waals surface area contributed by atoms with Gasteiger partial charge in [0.1, 0.15) is 11.9 Å². The van der Waals surface area contributed by atoms with Gasteiger partial charge in [0.2, 0.25) is 0 Å². The topological polar surface area (TPSA) is 60.6 Å². The van der Waals surface area contributed by atoms with E-state index >= 15 is 0 Å². The van der Waals surface area contributed by atoms with Crippen LogP contribution >= 0.6 is 0 Å². The van der Waals surface area contributed by atoms with Crippen molar-refractivity contribution in [2.24, 2.45) is 0 Å². The third kappa shape index (κ3) is 3.51. The summed E-state index contributed by atoms with van der Waals surface area (Å²) >= 11 is 0. The second-order valence-electron chi connectivity index (χ2n) is 6.16. The highest BCUT2D eigenvalue weighted by molar-refractivity contribution is 5.56. The number of H-pyrrole nitrogens is 1. The van der Waals surface area contributed by atoms with Crippen molar-refractivity contribution in [3.05, 3.63) is 22.5 Å². The molecule has 2 atom stereocenters. The number of ether oxygens (including phenoxy) is 1. The zero-order valence-electron chi connectivity index (χ0n) is 13.4. The Morgan fingerprint density at radius 1 is 1.25 bits per heavy atom. The summed E-state index contributed by atoms with van der Waals surface area (Å²) in [6.07, 6.45) is -4.37. The molecule has 2 aliphatic heterocycles. The van der Waals surface area contributed by atoms with Crippen molar-refractivity contribution in [3.8, 4) is 0 Å². The SMILES string of the molecule is CC1COCCN1c1cc(N2CCNCC2C(F)(F)F)[nH]c(=O)c1. The first-order valence-corrected chi connectivity index (χ1v) is 7.99. The molecule has 2 aliphatic rings. The van der Waals surface area contributed by atoms with Crippen molar-refractivity contribution in [1.29, 1.82) is 0 Å². The molecule has 6 nitrogen and oxygen atoms in total. The summed E-state index contributed by atoms with van der Waals surface area (Å²) in [5.41, 5.74) is 0.227. The number of anilines is 2. The number of halogens is 3. The van der Waals surface area contributed by atoms with Gasteiger partial charge in [0, 0.05) is 50.0 Å². The van der Waals surface area contributed by atoms with Gasteiger partial charge in [-0.25, -0.2) is 0 Å². The number of pyridine rings is 1. The van der Waals surface area contributed by atoms with E-state index in [1.165, 1.54) is 11.0 Å². The van der Waals surface area contributed by atoms with Crippen LogP contribution in [-0.2, 0) is 4.74 Å². The third-order valence-electron chi connectivity index (χ3n) is 4.44.